The molecular weight excluding hydrogens is 384 g/mol. The van der Waals surface area contributed by atoms with Crippen LogP contribution in [0.1, 0.15) is 47.6 Å². The summed E-state index contributed by atoms with van der Waals surface area (Å²) in [6, 6.07) is 7.83. The zero-order valence-electron chi connectivity index (χ0n) is 17.5. The third-order valence-corrected chi connectivity index (χ3v) is 5.92. The van der Waals surface area contributed by atoms with Gasteiger partial charge in [0.15, 0.2) is 5.69 Å². The van der Waals surface area contributed by atoms with E-state index in [1.165, 1.54) is 0 Å². The number of nitrogens with one attached hydrogen (secondary N) is 1. The van der Waals surface area contributed by atoms with E-state index in [4.69, 9.17) is 9.47 Å². The Kier molecular flexibility index (Phi) is 6.03. The molecule has 1 N–H and O–H groups in total. The van der Waals surface area contributed by atoms with Crippen molar-refractivity contribution in [1.29, 1.82) is 0 Å². The highest BCUT2D eigenvalue weighted by molar-refractivity contribution is 5.93. The Bertz CT molecular complexity index is 900. The SMILES string of the molecule is CCNC(=O)C1CCN(C(=O)c2ncn3c2CO[C@@H](c2ccc(OC)cc2)C3)CC1. The largest absolute Gasteiger partial charge is 0.497 e. The number of aromatic nitrogens is 2. The predicted molar refractivity (Wildman–Crippen MR) is 110 cm³/mol. The molecule has 0 unspecified atom stereocenters. The molecule has 4 rings (SSSR count). The Labute approximate surface area is 176 Å². The standard InChI is InChI=1S/C22H28N4O4/c1-3-23-21(27)16-8-10-25(11-9-16)22(28)20-18-13-30-19(12-26(18)14-24-20)15-4-6-17(29-2)7-5-15/h4-7,14,16,19H,3,8-13H2,1-2H3,(H,23,27)/t19-/m1/s1. The average molecular weight is 412 g/mol. The number of hydrogen-bond acceptors (Lipinski definition) is 5. The third-order valence-electron chi connectivity index (χ3n) is 5.92. The summed E-state index contributed by atoms with van der Waals surface area (Å²) in [4.78, 5) is 31.3. The van der Waals surface area contributed by atoms with Crippen LogP contribution in [0.3, 0.4) is 0 Å². The summed E-state index contributed by atoms with van der Waals surface area (Å²) in [5, 5.41) is 2.87. The Hall–Kier alpha value is -2.87. The molecular formula is C22H28N4O4. The van der Waals surface area contributed by atoms with Gasteiger partial charge in [-0.15, -0.1) is 0 Å². The number of imidazole rings is 1. The van der Waals surface area contributed by atoms with E-state index in [0.717, 1.165) is 17.0 Å². The van der Waals surface area contributed by atoms with E-state index in [1.54, 1.807) is 18.3 Å². The van der Waals surface area contributed by atoms with Gasteiger partial charge in [0.1, 0.15) is 11.9 Å². The van der Waals surface area contributed by atoms with Gasteiger partial charge < -0.3 is 24.3 Å². The quantitative estimate of drug-likeness (QED) is 0.813. The maximum absolute atomic E-state index is 13.0. The molecule has 0 spiro atoms. The molecule has 0 saturated carbocycles. The molecule has 2 aliphatic rings. The molecule has 8 heteroatoms. The van der Waals surface area contributed by atoms with Crippen molar-refractivity contribution in [1.82, 2.24) is 19.8 Å². The Morgan fingerprint density at radius 1 is 1.23 bits per heavy atom. The lowest BCUT2D eigenvalue weighted by Crippen LogP contribution is -2.43. The van der Waals surface area contributed by atoms with Crippen LogP contribution in [0, 0.1) is 5.92 Å². The van der Waals surface area contributed by atoms with Crippen LogP contribution in [0.5, 0.6) is 5.75 Å². The van der Waals surface area contributed by atoms with Crippen LogP contribution < -0.4 is 10.1 Å². The molecule has 0 aliphatic carbocycles. The van der Waals surface area contributed by atoms with Crippen LogP contribution in [0.2, 0.25) is 0 Å². The highest BCUT2D eigenvalue weighted by Gasteiger charge is 2.32. The number of carbonyl (C=O) groups is 2. The topological polar surface area (TPSA) is 85.7 Å². The van der Waals surface area contributed by atoms with Crippen molar-refractivity contribution in [2.75, 3.05) is 26.7 Å². The summed E-state index contributed by atoms with van der Waals surface area (Å²) in [5.74, 6) is 0.798. The van der Waals surface area contributed by atoms with E-state index >= 15 is 0 Å². The van der Waals surface area contributed by atoms with Gasteiger partial charge in [0, 0.05) is 25.6 Å². The van der Waals surface area contributed by atoms with E-state index in [0.29, 0.717) is 51.3 Å². The number of carbonyl (C=O) groups excluding carboxylic acids is 2. The van der Waals surface area contributed by atoms with Crippen molar-refractivity contribution < 1.29 is 19.1 Å². The second-order valence-corrected chi connectivity index (χ2v) is 7.73. The van der Waals surface area contributed by atoms with Crippen molar-refractivity contribution in [2.45, 2.75) is 39.0 Å². The zero-order chi connectivity index (χ0) is 21.1. The summed E-state index contributed by atoms with van der Waals surface area (Å²) in [5.41, 5.74) is 2.34. The van der Waals surface area contributed by atoms with E-state index in [2.05, 4.69) is 10.3 Å². The van der Waals surface area contributed by atoms with Gasteiger partial charge in [-0.1, -0.05) is 12.1 Å². The molecule has 2 amide bonds. The van der Waals surface area contributed by atoms with Crippen LogP contribution >= 0.6 is 0 Å². The van der Waals surface area contributed by atoms with Gasteiger partial charge in [-0.05, 0) is 37.5 Å². The molecule has 8 nitrogen and oxygen atoms in total. The van der Waals surface area contributed by atoms with Gasteiger partial charge in [0.2, 0.25) is 5.91 Å². The first-order chi connectivity index (χ1) is 14.6. The van der Waals surface area contributed by atoms with Crippen molar-refractivity contribution in [3.8, 4) is 5.75 Å². The number of amides is 2. The average Bonchev–Trinajstić information content (AvgIpc) is 3.22. The number of hydrogen-bond donors (Lipinski definition) is 1. The summed E-state index contributed by atoms with van der Waals surface area (Å²) in [7, 11) is 1.64. The molecule has 1 atom stereocenters. The maximum Gasteiger partial charge on any atom is 0.274 e. The van der Waals surface area contributed by atoms with Gasteiger partial charge in [-0.3, -0.25) is 9.59 Å². The molecule has 1 aromatic heterocycles. The van der Waals surface area contributed by atoms with Gasteiger partial charge in [-0.2, -0.15) is 0 Å². The normalized spacial score (nSPS) is 19.3. The smallest absolute Gasteiger partial charge is 0.274 e. The van der Waals surface area contributed by atoms with Crippen molar-refractivity contribution in [3.63, 3.8) is 0 Å². The highest BCUT2D eigenvalue weighted by Crippen LogP contribution is 2.29. The number of benzene rings is 1. The number of methoxy groups -OCH3 is 1. The molecule has 1 aromatic carbocycles. The van der Waals surface area contributed by atoms with Crippen LogP contribution in [0.15, 0.2) is 30.6 Å². The number of nitrogens with zero attached hydrogens (tertiary/aromatic N) is 3. The molecule has 0 bridgehead atoms. The number of likely N-dealkylation sites (tertiary alicyclic amines) is 1. The monoisotopic (exact) mass is 412 g/mol. The fourth-order valence-electron chi connectivity index (χ4n) is 4.14. The van der Waals surface area contributed by atoms with E-state index in [9.17, 15) is 9.59 Å². The molecule has 2 aromatic rings. The number of fused-ring (bicyclic) bond motifs is 1. The molecule has 160 valence electrons. The molecule has 30 heavy (non-hydrogen) atoms. The van der Waals surface area contributed by atoms with Crippen molar-refractivity contribution >= 4 is 11.8 Å². The Morgan fingerprint density at radius 2 is 1.97 bits per heavy atom. The maximum atomic E-state index is 13.0. The minimum absolute atomic E-state index is 0.0153. The lowest BCUT2D eigenvalue weighted by atomic mass is 9.95. The first-order valence-electron chi connectivity index (χ1n) is 10.5. The second-order valence-electron chi connectivity index (χ2n) is 7.73. The molecule has 2 aliphatic heterocycles. The van der Waals surface area contributed by atoms with E-state index in [-0.39, 0.29) is 23.8 Å². The fraction of sp³-hybridized carbons (Fsp3) is 0.500. The second kappa shape index (κ2) is 8.87. The molecule has 1 saturated heterocycles. The minimum atomic E-state index is -0.0895. The number of ether oxygens (including phenoxy) is 2. The molecule has 1 fully saturated rings. The number of piperidine rings is 1. The van der Waals surface area contributed by atoms with E-state index < -0.39 is 0 Å². The van der Waals surface area contributed by atoms with Crippen LogP contribution in [0.25, 0.3) is 0 Å². The minimum Gasteiger partial charge on any atom is -0.497 e. The van der Waals surface area contributed by atoms with E-state index in [1.807, 2.05) is 35.8 Å². The summed E-state index contributed by atoms with van der Waals surface area (Å²) in [6.45, 7) is 4.65. The van der Waals surface area contributed by atoms with Crippen LogP contribution in [-0.4, -0.2) is 53.0 Å². The number of rotatable bonds is 5. The van der Waals surface area contributed by atoms with Gasteiger partial charge in [0.05, 0.1) is 32.3 Å². The van der Waals surface area contributed by atoms with Gasteiger partial charge in [-0.25, -0.2) is 4.98 Å². The van der Waals surface area contributed by atoms with Gasteiger partial charge in [0.25, 0.3) is 5.91 Å². The van der Waals surface area contributed by atoms with Gasteiger partial charge >= 0.3 is 0 Å². The lowest BCUT2D eigenvalue weighted by Gasteiger charge is -2.31. The molecule has 0 radical (unpaired) electrons. The summed E-state index contributed by atoms with van der Waals surface area (Å²) < 4.78 is 13.3. The van der Waals surface area contributed by atoms with Crippen molar-refractivity contribution in [3.05, 3.63) is 47.5 Å². The first kappa shape index (κ1) is 20.4. The lowest BCUT2D eigenvalue weighted by molar-refractivity contribution is -0.126. The highest BCUT2D eigenvalue weighted by atomic mass is 16.5. The third kappa shape index (κ3) is 4.05. The molecule has 3 heterocycles. The predicted octanol–water partition coefficient (Wildman–Crippen LogP) is 2.15. The Balaban J connectivity index is 1.40. The summed E-state index contributed by atoms with van der Waals surface area (Å²) >= 11 is 0. The zero-order valence-corrected chi connectivity index (χ0v) is 17.5. The van der Waals surface area contributed by atoms with Crippen LogP contribution in [0.4, 0.5) is 0 Å². The van der Waals surface area contributed by atoms with Crippen molar-refractivity contribution in [2.24, 2.45) is 5.92 Å². The van der Waals surface area contributed by atoms with Crippen LogP contribution in [-0.2, 0) is 22.7 Å². The first-order valence-corrected chi connectivity index (χ1v) is 10.5. The fourth-order valence-corrected chi connectivity index (χ4v) is 4.14. The Morgan fingerprint density at radius 3 is 2.63 bits per heavy atom. The summed E-state index contributed by atoms with van der Waals surface area (Å²) in [6.07, 6.45) is 3.00.